The van der Waals surface area contributed by atoms with E-state index >= 15 is 0 Å². The summed E-state index contributed by atoms with van der Waals surface area (Å²) in [6.07, 6.45) is 0.392. The number of benzene rings is 1. The highest BCUT2D eigenvalue weighted by atomic mass is 79.9. The summed E-state index contributed by atoms with van der Waals surface area (Å²) in [4.78, 5) is -0.532. The molecule has 0 fully saturated rings. The maximum absolute atomic E-state index is 13.6. The van der Waals surface area contributed by atoms with Gasteiger partial charge < -0.3 is 10.8 Å². The van der Waals surface area contributed by atoms with Crippen LogP contribution in [-0.4, -0.2) is 26.2 Å². The van der Waals surface area contributed by atoms with Crippen molar-refractivity contribution in [3.63, 3.8) is 0 Å². The third-order valence-electron chi connectivity index (χ3n) is 2.38. The van der Waals surface area contributed by atoms with Crippen molar-refractivity contribution in [2.75, 3.05) is 12.3 Å². The van der Waals surface area contributed by atoms with Crippen molar-refractivity contribution in [1.29, 1.82) is 0 Å². The van der Waals surface area contributed by atoms with Crippen molar-refractivity contribution in [3.05, 3.63) is 22.4 Å². The van der Waals surface area contributed by atoms with Gasteiger partial charge in [0.05, 0.1) is 6.61 Å². The highest BCUT2D eigenvalue weighted by Gasteiger charge is 2.23. The minimum atomic E-state index is -4.04. The lowest BCUT2D eigenvalue weighted by molar-refractivity contribution is 0.253. The van der Waals surface area contributed by atoms with Gasteiger partial charge in [-0.2, -0.15) is 0 Å². The summed E-state index contributed by atoms with van der Waals surface area (Å²) < 4.78 is 39.9. The molecule has 0 aliphatic rings. The molecule has 1 unspecified atom stereocenters. The van der Waals surface area contributed by atoms with E-state index in [-0.39, 0.29) is 16.8 Å². The lowest BCUT2D eigenvalue weighted by Gasteiger charge is -2.15. The molecule has 0 heterocycles. The Morgan fingerprint density at radius 3 is 2.67 bits per heavy atom. The Morgan fingerprint density at radius 2 is 2.17 bits per heavy atom. The first-order valence-corrected chi connectivity index (χ1v) is 7.47. The quantitative estimate of drug-likeness (QED) is 0.702. The second-order valence-corrected chi connectivity index (χ2v) is 6.25. The van der Waals surface area contributed by atoms with E-state index in [2.05, 4.69) is 20.7 Å². The third-order valence-corrected chi connectivity index (χ3v) is 4.60. The van der Waals surface area contributed by atoms with Crippen molar-refractivity contribution in [2.24, 2.45) is 0 Å². The molecule has 102 valence electrons. The zero-order valence-electron chi connectivity index (χ0n) is 9.65. The van der Waals surface area contributed by atoms with Gasteiger partial charge in [0.25, 0.3) is 0 Å². The molecule has 5 nitrogen and oxygen atoms in total. The zero-order chi connectivity index (χ0) is 13.9. The van der Waals surface area contributed by atoms with Gasteiger partial charge in [0.15, 0.2) is 0 Å². The second-order valence-electron chi connectivity index (χ2n) is 3.71. The zero-order valence-corrected chi connectivity index (χ0v) is 12.1. The average molecular weight is 341 g/mol. The van der Waals surface area contributed by atoms with Crippen LogP contribution in [0.1, 0.15) is 13.3 Å². The summed E-state index contributed by atoms with van der Waals surface area (Å²) in [5, 5.41) is 8.95. The van der Waals surface area contributed by atoms with Gasteiger partial charge in [-0.15, -0.1) is 0 Å². The Kier molecular flexibility index (Phi) is 5.09. The fraction of sp³-hybridized carbons (Fsp3) is 0.400. The molecule has 1 atom stereocenters. The topological polar surface area (TPSA) is 92.4 Å². The van der Waals surface area contributed by atoms with E-state index in [1.807, 2.05) is 0 Å². The van der Waals surface area contributed by atoms with Gasteiger partial charge in [-0.1, -0.05) is 6.92 Å². The van der Waals surface area contributed by atoms with Gasteiger partial charge in [-0.3, -0.25) is 0 Å². The lowest BCUT2D eigenvalue weighted by atomic mass is 10.3. The highest BCUT2D eigenvalue weighted by Crippen LogP contribution is 2.26. The van der Waals surface area contributed by atoms with Crippen LogP contribution in [0.15, 0.2) is 21.5 Å². The molecule has 1 rings (SSSR count). The fourth-order valence-electron chi connectivity index (χ4n) is 1.28. The van der Waals surface area contributed by atoms with Crippen LogP contribution in [0.3, 0.4) is 0 Å². The molecule has 0 aliphatic heterocycles. The van der Waals surface area contributed by atoms with Gasteiger partial charge in [0.2, 0.25) is 10.0 Å². The third kappa shape index (κ3) is 3.41. The van der Waals surface area contributed by atoms with Crippen LogP contribution in [0.4, 0.5) is 10.1 Å². The van der Waals surface area contributed by atoms with E-state index in [4.69, 9.17) is 10.8 Å². The summed E-state index contributed by atoms with van der Waals surface area (Å²) >= 11 is 3.00. The van der Waals surface area contributed by atoms with Crippen molar-refractivity contribution >= 4 is 31.6 Å². The SMILES string of the molecule is CCC(CO)NS(=O)(=O)c1cc(N)c(Br)cc1F. The first-order chi connectivity index (χ1) is 8.31. The number of nitrogens with one attached hydrogen (secondary N) is 1. The molecule has 0 aliphatic carbocycles. The molecule has 0 aromatic heterocycles. The van der Waals surface area contributed by atoms with E-state index in [0.29, 0.717) is 6.42 Å². The smallest absolute Gasteiger partial charge is 0.243 e. The van der Waals surface area contributed by atoms with Crippen LogP contribution in [0.2, 0.25) is 0 Å². The molecule has 0 saturated carbocycles. The van der Waals surface area contributed by atoms with Crippen molar-refractivity contribution in [1.82, 2.24) is 4.72 Å². The van der Waals surface area contributed by atoms with Gasteiger partial charge in [0.1, 0.15) is 10.7 Å². The number of nitrogen functional groups attached to an aromatic ring is 1. The molecule has 0 bridgehead atoms. The minimum absolute atomic E-state index is 0.119. The van der Waals surface area contributed by atoms with Crippen LogP contribution in [0, 0.1) is 5.82 Å². The predicted molar refractivity (Wildman–Crippen MR) is 70.0 cm³/mol. The summed E-state index contributed by atoms with van der Waals surface area (Å²) in [5.74, 6) is -0.906. The summed E-state index contributed by atoms with van der Waals surface area (Å²) in [6.45, 7) is 1.35. The van der Waals surface area contributed by atoms with Gasteiger partial charge in [0, 0.05) is 16.2 Å². The fourth-order valence-corrected chi connectivity index (χ4v) is 3.00. The number of anilines is 1. The van der Waals surface area contributed by atoms with Crippen LogP contribution < -0.4 is 10.5 Å². The number of nitrogens with two attached hydrogens (primary N) is 1. The molecule has 0 saturated heterocycles. The predicted octanol–water partition coefficient (Wildman–Crippen LogP) is 1.22. The maximum atomic E-state index is 13.6. The van der Waals surface area contributed by atoms with Gasteiger partial charge in [-0.25, -0.2) is 17.5 Å². The molecule has 0 spiro atoms. The highest BCUT2D eigenvalue weighted by molar-refractivity contribution is 9.10. The Morgan fingerprint density at radius 1 is 1.56 bits per heavy atom. The molecule has 4 N–H and O–H groups in total. The largest absolute Gasteiger partial charge is 0.398 e. The molecule has 0 amide bonds. The number of halogens is 2. The lowest BCUT2D eigenvalue weighted by Crippen LogP contribution is -2.37. The summed E-state index contributed by atoms with van der Waals surface area (Å²) in [7, 11) is -4.04. The van der Waals surface area contributed by atoms with Crippen molar-refractivity contribution < 1.29 is 17.9 Å². The minimum Gasteiger partial charge on any atom is -0.398 e. The van der Waals surface area contributed by atoms with E-state index in [1.165, 1.54) is 0 Å². The van der Waals surface area contributed by atoms with Crippen molar-refractivity contribution in [2.45, 2.75) is 24.3 Å². The van der Waals surface area contributed by atoms with Crippen LogP contribution in [0.5, 0.6) is 0 Å². The maximum Gasteiger partial charge on any atom is 0.243 e. The number of hydrogen-bond acceptors (Lipinski definition) is 4. The monoisotopic (exact) mass is 340 g/mol. The Balaban J connectivity index is 3.16. The van der Waals surface area contributed by atoms with Crippen LogP contribution in [-0.2, 0) is 10.0 Å². The summed E-state index contributed by atoms with van der Waals surface area (Å²) in [6, 6.07) is 1.37. The van der Waals surface area contributed by atoms with E-state index < -0.39 is 26.8 Å². The number of hydrogen-bond donors (Lipinski definition) is 3. The van der Waals surface area contributed by atoms with Crippen LogP contribution in [0.25, 0.3) is 0 Å². The normalized spacial score (nSPS) is 13.6. The molecule has 0 radical (unpaired) electrons. The second kappa shape index (κ2) is 5.96. The molecule has 8 heteroatoms. The first-order valence-electron chi connectivity index (χ1n) is 5.19. The Bertz CT molecular complexity index is 532. The van der Waals surface area contributed by atoms with Gasteiger partial charge >= 0.3 is 0 Å². The van der Waals surface area contributed by atoms with Gasteiger partial charge in [-0.05, 0) is 34.5 Å². The Labute approximate surface area is 113 Å². The molecule has 18 heavy (non-hydrogen) atoms. The van der Waals surface area contributed by atoms with Crippen molar-refractivity contribution in [3.8, 4) is 0 Å². The average Bonchev–Trinajstić information content (AvgIpc) is 2.30. The molecular weight excluding hydrogens is 327 g/mol. The van der Waals surface area contributed by atoms with Crippen LogP contribution >= 0.6 is 15.9 Å². The number of aliphatic hydroxyl groups excluding tert-OH is 1. The standard InChI is InChI=1S/C10H14BrFN2O3S/c1-2-6(5-15)14-18(16,17)10-4-9(13)7(11)3-8(10)12/h3-4,6,14-15H,2,5,13H2,1H3. The molecular formula is C10H14BrFN2O3S. The summed E-state index contributed by atoms with van der Waals surface area (Å²) in [5.41, 5.74) is 5.65. The molecule has 1 aromatic rings. The van der Waals surface area contributed by atoms with E-state index in [1.54, 1.807) is 6.92 Å². The Hall–Kier alpha value is -0.700. The number of sulfonamides is 1. The van der Waals surface area contributed by atoms with E-state index in [0.717, 1.165) is 12.1 Å². The number of aliphatic hydroxyl groups is 1. The number of rotatable bonds is 5. The van der Waals surface area contributed by atoms with E-state index in [9.17, 15) is 12.8 Å². The molecule has 1 aromatic carbocycles. The first kappa shape index (κ1) is 15.4.